The Morgan fingerprint density at radius 1 is 1.78 bits per heavy atom. The van der Waals surface area contributed by atoms with Crippen LogP contribution in [0.2, 0.25) is 0 Å². The number of hydroxylamine groups is 1. The van der Waals surface area contributed by atoms with Crippen LogP contribution in [0.3, 0.4) is 0 Å². The van der Waals surface area contributed by atoms with Crippen LogP contribution in [0.4, 0.5) is 0 Å². The topological polar surface area (TPSA) is 38.3 Å². The Balaban J connectivity index is 3.27. The Bertz CT molecular complexity index is 110. The second kappa shape index (κ2) is 5.31. The molecule has 0 aliphatic carbocycles. The van der Waals surface area contributed by atoms with E-state index in [1.165, 1.54) is 7.11 Å². The predicted octanol–water partition coefficient (Wildman–Crippen LogP) is 0.630. The van der Waals surface area contributed by atoms with Crippen molar-refractivity contribution in [1.29, 1.82) is 0 Å². The molecular weight excluding hydrogens is 118 g/mol. The molecule has 0 rings (SSSR count). The van der Waals surface area contributed by atoms with Crippen LogP contribution in [-0.2, 0) is 9.63 Å². The average molecular weight is 129 g/mol. The summed E-state index contributed by atoms with van der Waals surface area (Å²) in [6.45, 7) is 1.86. The van der Waals surface area contributed by atoms with Gasteiger partial charge in [-0.15, -0.1) is 0 Å². The first-order chi connectivity index (χ1) is 4.31. The van der Waals surface area contributed by atoms with Crippen LogP contribution in [0.15, 0.2) is 12.2 Å². The molecule has 0 aromatic heterocycles. The summed E-state index contributed by atoms with van der Waals surface area (Å²) in [5.41, 5.74) is 2.19. The minimum atomic E-state index is -0.129. The lowest BCUT2D eigenvalue weighted by atomic mass is 10.4. The van der Waals surface area contributed by atoms with Gasteiger partial charge in [-0.3, -0.25) is 9.63 Å². The number of hydrogen-bond acceptors (Lipinski definition) is 2. The van der Waals surface area contributed by atoms with E-state index in [-0.39, 0.29) is 5.91 Å². The van der Waals surface area contributed by atoms with Crippen LogP contribution < -0.4 is 5.48 Å². The molecule has 0 bridgehead atoms. The maximum Gasteiger partial charge on any atom is 0.247 e. The fourth-order valence-electron chi connectivity index (χ4n) is 0.380. The molecule has 0 aliphatic rings. The fourth-order valence-corrected chi connectivity index (χ4v) is 0.380. The number of amides is 1. The van der Waals surface area contributed by atoms with E-state index in [4.69, 9.17) is 0 Å². The predicted molar refractivity (Wildman–Crippen MR) is 34.6 cm³/mol. The van der Waals surface area contributed by atoms with Crippen LogP contribution in [0, 0.1) is 0 Å². The zero-order valence-corrected chi connectivity index (χ0v) is 5.68. The van der Waals surface area contributed by atoms with Gasteiger partial charge in [-0.25, -0.2) is 5.48 Å². The summed E-state index contributed by atoms with van der Waals surface area (Å²) in [5, 5.41) is 0. The van der Waals surface area contributed by atoms with Gasteiger partial charge in [-0.05, 0) is 6.92 Å². The monoisotopic (exact) mass is 129 g/mol. The Hall–Kier alpha value is -0.830. The molecule has 0 aliphatic heterocycles. The Morgan fingerprint density at radius 2 is 2.44 bits per heavy atom. The molecule has 9 heavy (non-hydrogen) atoms. The van der Waals surface area contributed by atoms with Crippen LogP contribution in [0.5, 0.6) is 0 Å². The largest absolute Gasteiger partial charge is 0.277 e. The molecule has 3 nitrogen and oxygen atoms in total. The highest BCUT2D eigenvalue weighted by atomic mass is 16.6. The third-order valence-corrected chi connectivity index (χ3v) is 0.755. The van der Waals surface area contributed by atoms with Gasteiger partial charge in [0.2, 0.25) is 5.91 Å². The van der Waals surface area contributed by atoms with Crippen LogP contribution in [0.1, 0.15) is 13.3 Å². The maximum absolute atomic E-state index is 10.5. The number of carbonyl (C=O) groups excluding carboxylic acids is 1. The first-order valence-corrected chi connectivity index (χ1v) is 2.74. The second-order valence-electron chi connectivity index (χ2n) is 1.50. The third kappa shape index (κ3) is 5.03. The summed E-state index contributed by atoms with van der Waals surface area (Å²) >= 11 is 0. The molecule has 0 spiro atoms. The third-order valence-electron chi connectivity index (χ3n) is 0.755. The van der Waals surface area contributed by atoms with Crippen LogP contribution in [-0.4, -0.2) is 13.0 Å². The summed E-state index contributed by atoms with van der Waals surface area (Å²) < 4.78 is 0. The Kier molecular flexibility index (Phi) is 4.82. The molecule has 0 fully saturated rings. The summed E-state index contributed by atoms with van der Waals surface area (Å²) in [7, 11) is 1.41. The first kappa shape index (κ1) is 8.17. The van der Waals surface area contributed by atoms with Gasteiger partial charge < -0.3 is 0 Å². The van der Waals surface area contributed by atoms with E-state index in [0.29, 0.717) is 6.42 Å². The van der Waals surface area contributed by atoms with Gasteiger partial charge in [0.15, 0.2) is 0 Å². The molecule has 0 radical (unpaired) electrons. The zero-order chi connectivity index (χ0) is 7.11. The number of rotatable bonds is 3. The zero-order valence-electron chi connectivity index (χ0n) is 5.68. The summed E-state index contributed by atoms with van der Waals surface area (Å²) in [4.78, 5) is 14.9. The number of hydrogen-bond donors (Lipinski definition) is 1. The Morgan fingerprint density at radius 3 is 2.89 bits per heavy atom. The van der Waals surface area contributed by atoms with Gasteiger partial charge in [0, 0.05) is 6.42 Å². The number of carbonyl (C=O) groups is 1. The molecule has 3 heteroatoms. The summed E-state index contributed by atoms with van der Waals surface area (Å²) in [5.74, 6) is -0.129. The number of nitrogens with one attached hydrogen (secondary N) is 1. The van der Waals surface area contributed by atoms with Crippen LogP contribution in [0.25, 0.3) is 0 Å². The van der Waals surface area contributed by atoms with E-state index in [1.807, 2.05) is 13.0 Å². The highest BCUT2D eigenvalue weighted by Crippen LogP contribution is 1.80. The van der Waals surface area contributed by atoms with Gasteiger partial charge in [0.05, 0.1) is 7.11 Å². The van der Waals surface area contributed by atoms with Crippen molar-refractivity contribution >= 4 is 5.91 Å². The van der Waals surface area contributed by atoms with E-state index in [9.17, 15) is 4.79 Å². The van der Waals surface area contributed by atoms with Gasteiger partial charge in [-0.1, -0.05) is 12.2 Å². The molecule has 1 amide bonds. The molecule has 0 saturated carbocycles. The van der Waals surface area contributed by atoms with E-state index in [1.54, 1.807) is 6.08 Å². The molecule has 0 unspecified atom stereocenters. The molecule has 0 heterocycles. The molecular formula is C6H11NO2. The van der Waals surface area contributed by atoms with Crippen molar-refractivity contribution in [2.45, 2.75) is 13.3 Å². The van der Waals surface area contributed by atoms with Crippen molar-refractivity contribution in [2.24, 2.45) is 0 Å². The van der Waals surface area contributed by atoms with Gasteiger partial charge in [0.25, 0.3) is 0 Å². The minimum Gasteiger partial charge on any atom is -0.277 e. The standard InChI is InChI=1S/C6H11NO2/c1-3-4-5-6(8)7-9-2/h3-4H,5H2,1-2H3,(H,7,8)/b4-3+. The van der Waals surface area contributed by atoms with Gasteiger partial charge in [0.1, 0.15) is 0 Å². The summed E-state index contributed by atoms with van der Waals surface area (Å²) in [6.07, 6.45) is 3.95. The first-order valence-electron chi connectivity index (χ1n) is 2.74. The minimum absolute atomic E-state index is 0.129. The lowest BCUT2D eigenvalue weighted by Gasteiger charge is -1.95. The van der Waals surface area contributed by atoms with E-state index < -0.39 is 0 Å². The van der Waals surface area contributed by atoms with Crippen molar-refractivity contribution in [2.75, 3.05) is 7.11 Å². The molecule has 0 aromatic rings. The highest BCUT2D eigenvalue weighted by Gasteiger charge is 1.92. The highest BCUT2D eigenvalue weighted by molar-refractivity contribution is 5.76. The number of allylic oxidation sites excluding steroid dienone is 1. The quantitative estimate of drug-likeness (QED) is 0.448. The van der Waals surface area contributed by atoms with Gasteiger partial charge in [-0.2, -0.15) is 0 Å². The summed E-state index contributed by atoms with van der Waals surface area (Å²) in [6, 6.07) is 0. The lowest BCUT2D eigenvalue weighted by Crippen LogP contribution is -2.20. The van der Waals surface area contributed by atoms with Gasteiger partial charge >= 0.3 is 0 Å². The van der Waals surface area contributed by atoms with Crippen molar-refractivity contribution in [1.82, 2.24) is 5.48 Å². The molecule has 0 saturated heterocycles. The second-order valence-corrected chi connectivity index (χ2v) is 1.50. The molecule has 0 aromatic carbocycles. The van der Waals surface area contributed by atoms with Crippen molar-refractivity contribution in [3.63, 3.8) is 0 Å². The van der Waals surface area contributed by atoms with E-state index >= 15 is 0 Å². The van der Waals surface area contributed by atoms with E-state index in [2.05, 4.69) is 10.3 Å². The van der Waals surface area contributed by atoms with Crippen molar-refractivity contribution < 1.29 is 9.63 Å². The lowest BCUT2D eigenvalue weighted by molar-refractivity contribution is -0.130. The van der Waals surface area contributed by atoms with Crippen molar-refractivity contribution in [3.8, 4) is 0 Å². The molecule has 52 valence electrons. The fraction of sp³-hybridized carbons (Fsp3) is 0.500. The normalized spacial score (nSPS) is 10.0. The van der Waals surface area contributed by atoms with Crippen LogP contribution >= 0.6 is 0 Å². The Labute approximate surface area is 54.7 Å². The van der Waals surface area contributed by atoms with E-state index in [0.717, 1.165) is 0 Å². The molecule has 0 atom stereocenters. The van der Waals surface area contributed by atoms with Crippen molar-refractivity contribution in [3.05, 3.63) is 12.2 Å². The smallest absolute Gasteiger partial charge is 0.247 e. The SMILES string of the molecule is C/C=C/CC(=O)NOC. The molecule has 1 N–H and O–H groups in total. The maximum atomic E-state index is 10.5. The average Bonchev–Trinajstić information content (AvgIpc) is 1.85.